The molecule has 4 rings (SSSR count). The Bertz CT molecular complexity index is 1450. The van der Waals surface area contributed by atoms with Gasteiger partial charge in [0.1, 0.15) is 10.6 Å². The fourth-order valence-corrected chi connectivity index (χ4v) is 5.02. The summed E-state index contributed by atoms with van der Waals surface area (Å²) in [6.45, 7) is 2.00. The van der Waals surface area contributed by atoms with E-state index in [2.05, 4.69) is 17.5 Å². The molecule has 0 radical (unpaired) electrons. The first-order valence-electron chi connectivity index (χ1n) is 12.1. The van der Waals surface area contributed by atoms with E-state index in [0.29, 0.717) is 27.0 Å². The maximum atomic E-state index is 12.8. The van der Waals surface area contributed by atoms with Gasteiger partial charge in [0.25, 0.3) is 5.91 Å². The van der Waals surface area contributed by atoms with Crippen LogP contribution in [0.2, 0.25) is 5.02 Å². The molecule has 38 heavy (non-hydrogen) atoms. The standard InChI is InChI=1S/C29H27ClN2O5S/c1-3-4-7-19-10-13-21(14-11-19)36-18-26(33)32-31-17-20-12-15-23(24(16-20)35-2)37-29(34)28-27(30)22-8-5-6-9-25(22)38-28/h5-6,8-17H,3-4,7,18H2,1-2H3,(H,32,33)/b31-17+. The van der Waals surface area contributed by atoms with Crippen LogP contribution in [0.15, 0.2) is 71.8 Å². The molecule has 0 saturated carbocycles. The summed E-state index contributed by atoms with van der Waals surface area (Å²) in [6.07, 6.45) is 4.77. The normalized spacial score (nSPS) is 11.0. The van der Waals surface area contributed by atoms with Gasteiger partial charge >= 0.3 is 5.97 Å². The molecule has 0 fully saturated rings. The highest BCUT2D eigenvalue weighted by molar-refractivity contribution is 7.21. The minimum atomic E-state index is -0.571. The maximum Gasteiger partial charge on any atom is 0.355 e. The minimum absolute atomic E-state index is 0.163. The summed E-state index contributed by atoms with van der Waals surface area (Å²) in [7, 11) is 1.47. The van der Waals surface area contributed by atoms with Crippen molar-refractivity contribution in [2.24, 2.45) is 5.10 Å². The number of carbonyl (C=O) groups is 2. The molecule has 4 aromatic rings. The molecule has 1 aromatic heterocycles. The molecule has 0 spiro atoms. The molecule has 0 bridgehead atoms. The van der Waals surface area contributed by atoms with Gasteiger partial charge in [-0.25, -0.2) is 10.2 Å². The van der Waals surface area contributed by atoms with Crippen molar-refractivity contribution in [3.05, 3.63) is 87.8 Å². The number of hydrogen-bond acceptors (Lipinski definition) is 7. The van der Waals surface area contributed by atoms with Crippen molar-refractivity contribution < 1.29 is 23.8 Å². The Hall–Kier alpha value is -3.88. The number of methoxy groups -OCH3 is 1. The van der Waals surface area contributed by atoms with Crippen molar-refractivity contribution in [1.29, 1.82) is 0 Å². The number of benzene rings is 3. The summed E-state index contributed by atoms with van der Waals surface area (Å²) in [5, 5.41) is 5.13. The number of thiophene rings is 1. The molecular weight excluding hydrogens is 524 g/mol. The zero-order valence-electron chi connectivity index (χ0n) is 21.0. The zero-order valence-corrected chi connectivity index (χ0v) is 22.6. The first-order chi connectivity index (χ1) is 18.5. The SMILES string of the molecule is CCCCc1ccc(OCC(=O)N/N=C/c2ccc(OC(=O)c3sc4ccccc4c3Cl)c(OC)c2)cc1. The topological polar surface area (TPSA) is 86.2 Å². The summed E-state index contributed by atoms with van der Waals surface area (Å²) < 4.78 is 17.4. The highest BCUT2D eigenvalue weighted by atomic mass is 35.5. The smallest absolute Gasteiger partial charge is 0.355 e. The second kappa shape index (κ2) is 13.1. The van der Waals surface area contributed by atoms with Crippen LogP contribution in [0.5, 0.6) is 17.2 Å². The highest BCUT2D eigenvalue weighted by Gasteiger charge is 2.20. The Balaban J connectivity index is 1.31. The molecule has 196 valence electrons. The number of aryl methyl sites for hydroxylation is 1. The van der Waals surface area contributed by atoms with Crippen LogP contribution in [0.3, 0.4) is 0 Å². The average molecular weight is 551 g/mol. The number of carbonyl (C=O) groups excluding carboxylic acids is 2. The van der Waals surface area contributed by atoms with Gasteiger partial charge in [-0.3, -0.25) is 4.79 Å². The van der Waals surface area contributed by atoms with Gasteiger partial charge in [-0.05, 0) is 60.4 Å². The Labute approximate surface area is 230 Å². The van der Waals surface area contributed by atoms with Gasteiger partial charge in [-0.15, -0.1) is 11.3 Å². The molecule has 9 heteroatoms. The molecule has 0 aliphatic heterocycles. The van der Waals surface area contributed by atoms with Crippen LogP contribution < -0.4 is 19.6 Å². The van der Waals surface area contributed by atoms with Gasteiger partial charge in [0.05, 0.1) is 18.3 Å². The van der Waals surface area contributed by atoms with Crippen LogP contribution in [0.1, 0.15) is 40.6 Å². The van der Waals surface area contributed by atoms with Crippen molar-refractivity contribution in [2.75, 3.05) is 13.7 Å². The summed E-state index contributed by atoms with van der Waals surface area (Å²) in [5.41, 5.74) is 4.31. The van der Waals surface area contributed by atoms with E-state index >= 15 is 0 Å². The first-order valence-corrected chi connectivity index (χ1v) is 13.3. The van der Waals surface area contributed by atoms with Gasteiger partial charge < -0.3 is 14.2 Å². The molecule has 0 saturated heterocycles. The van der Waals surface area contributed by atoms with Crippen LogP contribution in [0, 0.1) is 0 Å². The van der Waals surface area contributed by atoms with Crippen LogP contribution in [0.25, 0.3) is 10.1 Å². The van der Waals surface area contributed by atoms with Gasteiger partial charge in [0.15, 0.2) is 18.1 Å². The molecule has 1 amide bonds. The van der Waals surface area contributed by atoms with Crippen LogP contribution in [0.4, 0.5) is 0 Å². The number of amides is 1. The van der Waals surface area contributed by atoms with E-state index in [1.54, 1.807) is 18.2 Å². The number of hydrazone groups is 1. The van der Waals surface area contributed by atoms with E-state index in [1.807, 2.05) is 48.5 Å². The lowest BCUT2D eigenvalue weighted by Crippen LogP contribution is -2.24. The second-order valence-corrected chi connectivity index (χ2v) is 9.80. The minimum Gasteiger partial charge on any atom is -0.493 e. The molecule has 0 unspecified atom stereocenters. The molecule has 7 nitrogen and oxygen atoms in total. The van der Waals surface area contributed by atoms with E-state index in [4.69, 9.17) is 25.8 Å². The molecule has 0 atom stereocenters. The highest BCUT2D eigenvalue weighted by Crippen LogP contribution is 2.37. The van der Waals surface area contributed by atoms with Gasteiger partial charge in [-0.2, -0.15) is 5.10 Å². The van der Waals surface area contributed by atoms with Crippen molar-refractivity contribution in [1.82, 2.24) is 5.43 Å². The van der Waals surface area contributed by atoms with Crippen LogP contribution in [-0.2, 0) is 11.2 Å². The fraction of sp³-hybridized carbons (Fsp3) is 0.207. The number of fused-ring (bicyclic) bond motifs is 1. The van der Waals surface area contributed by atoms with Gasteiger partial charge in [0.2, 0.25) is 0 Å². The van der Waals surface area contributed by atoms with Crippen molar-refractivity contribution in [2.45, 2.75) is 26.2 Å². The quantitative estimate of drug-likeness (QED) is 0.0977. The average Bonchev–Trinajstić information content (AvgIpc) is 3.28. The number of nitrogens with one attached hydrogen (secondary N) is 1. The van der Waals surface area contributed by atoms with E-state index in [9.17, 15) is 9.59 Å². The van der Waals surface area contributed by atoms with Crippen molar-refractivity contribution >= 4 is 51.1 Å². The molecule has 0 aliphatic carbocycles. The van der Waals surface area contributed by atoms with Crippen LogP contribution >= 0.6 is 22.9 Å². The molecule has 3 aromatic carbocycles. The number of unbranched alkanes of at least 4 members (excludes halogenated alkanes) is 1. The first kappa shape index (κ1) is 27.2. The number of halogens is 1. The van der Waals surface area contributed by atoms with E-state index in [1.165, 1.54) is 30.2 Å². The molecule has 1 heterocycles. The number of nitrogens with zero attached hydrogens (tertiary/aromatic N) is 1. The van der Waals surface area contributed by atoms with Gasteiger partial charge in [-0.1, -0.05) is 55.3 Å². The predicted molar refractivity (Wildman–Crippen MR) is 151 cm³/mol. The van der Waals surface area contributed by atoms with Crippen LogP contribution in [-0.4, -0.2) is 31.8 Å². The number of ether oxygens (including phenoxy) is 3. The third-order valence-corrected chi connectivity index (χ3v) is 7.28. The number of rotatable bonds is 11. The second-order valence-electron chi connectivity index (χ2n) is 8.37. The van der Waals surface area contributed by atoms with Crippen molar-refractivity contribution in [3.63, 3.8) is 0 Å². The third-order valence-electron chi connectivity index (χ3n) is 5.63. The maximum absolute atomic E-state index is 12.8. The Morgan fingerprint density at radius 1 is 1.05 bits per heavy atom. The lowest BCUT2D eigenvalue weighted by Gasteiger charge is -2.09. The zero-order chi connectivity index (χ0) is 26.9. The lowest BCUT2D eigenvalue weighted by atomic mass is 10.1. The molecule has 0 aliphatic rings. The number of hydrogen-bond donors (Lipinski definition) is 1. The summed E-state index contributed by atoms with van der Waals surface area (Å²) in [4.78, 5) is 25.2. The summed E-state index contributed by atoms with van der Waals surface area (Å²) in [6, 6.07) is 20.1. The summed E-state index contributed by atoms with van der Waals surface area (Å²) >= 11 is 7.67. The fourth-order valence-electron chi connectivity index (χ4n) is 3.63. The summed E-state index contributed by atoms with van der Waals surface area (Å²) in [5.74, 6) is 0.224. The third kappa shape index (κ3) is 6.90. The Morgan fingerprint density at radius 3 is 2.58 bits per heavy atom. The molecular formula is C29H27ClN2O5S. The molecule has 1 N–H and O–H groups in total. The van der Waals surface area contributed by atoms with E-state index < -0.39 is 11.9 Å². The Morgan fingerprint density at radius 2 is 1.84 bits per heavy atom. The lowest BCUT2D eigenvalue weighted by molar-refractivity contribution is -0.123. The monoisotopic (exact) mass is 550 g/mol. The predicted octanol–water partition coefficient (Wildman–Crippen LogP) is 6.65. The van der Waals surface area contributed by atoms with Crippen molar-refractivity contribution in [3.8, 4) is 17.2 Å². The van der Waals surface area contributed by atoms with Gasteiger partial charge in [0, 0.05) is 10.1 Å². The van der Waals surface area contributed by atoms with E-state index in [0.717, 1.165) is 29.3 Å². The number of esters is 1. The van der Waals surface area contributed by atoms with E-state index in [-0.39, 0.29) is 12.4 Å². The Kier molecular flexibility index (Phi) is 9.35. The largest absolute Gasteiger partial charge is 0.493 e.